The van der Waals surface area contributed by atoms with E-state index in [1.165, 1.54) is 11.1 Å². The van der Waals surface area contributed by atoms with Gasteiger partial charge in [-0.3, -0.25) is 4.90 Å². The van der Waals surface area contributed by atoms with E-state index in [0.717, 1.165) is 18.5 Å². The zero-order chi connectivity index (χ0) is 18.1. The van der Waals surface area contributed by atoms with E-state index in [4.69, 9.17) is 4.74 Å². The van der Waals surface area contributed by atoms with Crippen LogP contribution in [-0.4, -0.2) is 35.3 Å². The van der Waals surface area contributed by atoms with Gasteiger partial charge in [-0.15, -0.1) is 0 Å². The molecule has 0 aromatic heterocycles. The van der Waals surface area contributed by atoms with Crippen LogP contribution in [0.4, 0.5) is 0 Å². The van der Waals surface area contributed by atoms with Crippen LogP contribution in [0, 0.1) is 6.92 Å². The van der Waals surface area contributed by atoms with Crippen molar-refractivity contribution in [1.29, 1.82) is 0 Å². The molecule has 0 heterocycles. The number of nitrogens with zero attached hydrogens (tertiary/aromatic N) is 1. The number of hydrogen-bond donors (Lipinski definition) is 1. The summed E-state index contributed by atoms with van der Waals surface area (Å²) in [5, 5.41) is 10.4. The van der Waals surface area contributed by atoms with Crippen molar-refractivity contribution in [3.05, 3.63) is 71.3 Å². The van der Waals surface area contributed by atoms with E-state index in [1.807, 2.05) is 30.3 Å². The average molecular weight is 341 g/mol. The summed E-state index contributed by atoms with van der Waals surface area (Å²) in [5.74, 6) is 0. The molecule has 0 fully saturated rings. The van der Waals surface area contributed by atoms with Crippen molar-refractivity contribution >= 4 is 0 Å². The van der Waals surface area contributed by atoms with E-state index >= 15 is 0 Å². The summed E-state index contributed by atoms with van der Waals surface area (Å²) in [7, 11) is 0. The van der Waals surface area contributed by atoms with Crippen molar-refractivity contribution < 1.29 is 9.84 Å². The number of ether oxygens (including phenoxy) is 1. The maximum Gasteiger partial charge on any atom is 0.0900 e. The van der Waals surface area contributed by atoms with E-state index in [-0.39, 0.29) is 0 Å². The van der Waals surface area contributed by atoms with Gasteiger partial charge in [-0.2, -0.15) is 0 Å². The van der Waals surface area contributed by atoms with Crippen LogP contribution in [0.25, 0.3) is 0 Å². The molecule has 1 N–H and O–H groups in total. The molecule has 2 aromatic rings. The summed E-state index contributed by atoms with van der Waals surface area (Å²) in [6.45, 7) is 8.93. The van der Waals surface area contributed by atoms with Crippen molar-refractivity contribution in [2.75, 3.05) is 13.2 Å². The molecule has 3 nitrogen and oxygen atoms in total. The highest BCUT2D eigenvalue weighted by Gasteiger charge is 2.18. The number of hydrogen-bond acceptors (Lipinski definition) is 3. The number of aliphatic hydroxyl groups is 1. The third kappa shape index (κ3) is 6.62. The maximum atomic E-state index is 10.4. The molecule has 25 heavy (non-hydrogen) atoms. The van der Waals surface area contributed by atoms with Crippen LogP contribution in [0.5, 0.6) is 0 Å². The minimum Gasteiger partial charge on any atom is -0.389 e. The molecule has 2 atom stereocenters. The van der Waals surface area contributed by atoms with Gasteiger partial charge in [-0.05, 0) is 37.0 Å². The predicted molar refractivity (Wildman–Crippen MR) is 103 cm³/mol. The molecule has 0 saturated carbocycles. The predicted octanol–water partition coefficient (Wildman–Crippen LogP) is 4.17. The first-order valence-electron chi connectivity index (χ1n) is 9.18. The van der Waals surface area contributed by atoms with E-state index in [2.05, 4.69) is 49.9 Å². The van der Waals surface area contributed by atoms with Crippen LogP contribution < -0.4 is 0 Å². The van der Waals surface area contributed by atoms with Gasteiger partial charge in [0.2, 0.25) is 0 Å². The van der Waals surface area contributed by atoms with Crippen molar-refractivity contribution in [3.63, 3.8) is 0 Å². The Kier molecular flexibility index (Phi) is 8.13. The number of rotatable bonds is 10. The second-order valence-corrected chi connectivity index (χ2v) is 6.77. The molecule has 0 amide bonds. The van der Waals surface area contributed by atoms with Crippen LogP contribution in [0.15, 0.2) is 54.6 Å². The van der Waals surface area contributed by atoms with Gasteiger partial charge in [-0.25, -0.2) is 0 Å². The van der Waals surface area contributed by atoms with Crippen molar-refractivity contribution in [2.45, 2.75) is 52.5 Å². The molecule has 0 saturated heterocycles. The standard InChI is InChI=1S/C22H31NO2/c1-4-19(3)23(14-21-13-9-8-10-18(21)2)15-22(24)17-25-16-20-11-6-5-7-12-20/h5-13,19,22,24H,4,14-17H2,1-3H3/t19-,22-/m1/s1. The number of aliphatic hydroxyl groups excluding tert-OH is 1. The summed E-state index contributed by atoms with van der Waals surface area (Å²) in [5.41, 5.74) is 3.75. The summed E-state index contributed by atoms with van der Waals surface area (Å²) in [6.07, 6.45) is 0.574. The van der Waals surface area contributed by atoms with Crippen molar-refractivity contribution in [1.82, 2.24) is 4.90 Å². The highest BCUT2D eigenvalue weighted by atomic mass is 16.5. The summed E-state index contributed by atoms with van der Waals surface area (Å²) >= 11 is 0. The monoisotopic (exact) mass is 341 g/mol. The normalized spacial score (nSPS) is 13.8. The minimum atomic E-state index is -0.485. The van der Waals surface area contributed by atoms with Crippen LogP contribution in [-0.2, 0) is 17.9 Å². The van der Waals surface area contributed by atoms with E-state index in [9.17, 15) is 5.11 Å². The lowest BCUT2D eigenvalue weighted by Gasteiger charge is -2.31. The maximum absolute atomic E-state index is 10.4. The lowest BCUT2D eigenvalue weighted by atomic mass is 10.1. The molecule has 3 heteroatoms. The van der Waals surface area contributed by atoms with E-state index in [0.29, 0.717) is 25.8 Å². The number of aryl methyl sites for hydroxylation is 1. The van der Waals surface area contributed by atoms with E-state index < -0.39 is 6.10 Å². The molecule has 0 aliphatic carbocycles. The second-order valence-electron chi connectivity index (χ2n) is 6.77. The Morgan fingerprint density at radius 2 is 1.72 bits per heavy atom. The molecule has 2 aromatic carbocycles. The first-order valence-corrected chi connectivity index (χ1v) is 9.18. The van der Waals surface area contributed by atoms with Crippen LogP contribution in [0.1, 0.15) is 37.0 Å². The largest absolute Gasteiger partial charge is 0.389 e. The van der Waals surface area contributed by atoms with Crippen LogP contribution in [0.2, 0.25) is 0 Å². The van der Waals surface area contributed by atoms with Gasteiger partial charge in [0.1, 0.15) is 0 Å². The molecule has 136 valence electrons. The van der Waals surface area contributed by atoms with Crippen molar-refractivity contribution in [2.24, 2.45) is 0 Å². The molecule has 0 aliphatic rings. The summed E-state index contributed by atoms with van der Waals surface area (Å²) in [6, 6.07) is 19.0. The summed E-state index contributed by atoms with van der Waals surface area (Å²) in [4.78, 5) is 2.35. The first kappa shape index (κ1) is 19.6. The fourth-order valence-electron chi connectivity index (χ4n) is 2.88. The number of benzene rings is 2. The third-order valence-electron chi connectivity index (χ3n) is 4.72. The molecular weight excluding hydrogens is 310 g/mol. The lowest BCUT2D eigenvalue weighted by molar-refractivity contribution is 0.00141. The van der Waals surface area contributed by atoms with Gasteiger partial charge in [0.25, 0.3) is 0 Å². The Bertz CT molecular complexity index is 614. The second kappa shape index (κ2) is 10.3. The fraction of sp³-hybridized carbons (Fsp3) is 0.455. The smallest absolute Gasteiger partial charge is 0.0900 e. The SMILES string of the molecule is CC[C@@H](C)N(Cc1ccccc1C)C[C@@H](O)COCc1ccccc1. The molecule has 0 unspecified atom stereocenters. The lowest BCUT2D eigenvalue weighted by Crippen LogP contribution is -2.40. The molecule has 2 rings (SSSR count). The molecule has 0 radical (unpaired) electrons. The van der Waals surface area contributed by atoms with Crippen LogP contribution >= 0.6 is 0 Å². The highest BCUT2D eigenvalue weighted by molar-refractivity contribution is 5.25. The van der Waals surface area contributed by atoms with Gasteiger partial charge in [0.15, 0.2) is 0 Å². The first-order chi connectivity index (χ1) is 12.1. The van der Waals surface area contributed by atoms with Gasteiger partial charge in [-0.1, -0.05) is 61.5 Å². The van der Waals surface area contributed by atoms with Gasteiger partial charge < -0.3 is 9.84 Å². The van der Waals surface area contributed by atoms with Gasteiger partial charge in [0.05, 0.1) is 19.3 Å². The van der Waals surface area contributed by atoms with Crippen molar-refractivity contribution in [3.8, 4) is 0 Å². The molecule has 0 spiro atoms. The Hall–Kier alpha value is -1.68. The fourth-order valence-corrected chi connectivity index (χ4v) is 2.88. The Balaban J connectivity index is 1.86. The third-order valence-corrected chi connectivity index (χ3v) is 4.72. The topological polar surface area (TPSA) is 32.7 Å². The van der Waals surface area contributed by atoms with Gasteiger partial charge in [0, 0.05) is 19.1 Å². The molecular formula is C22H31NO2. The van der Waals surface area contributed by atoms with Crippen LogP contribution in [0.3, 0.4) is 0 Å². The summed E-state index contributed by atoms with van der Waals surface area (Å²) < 4.78 is 5.69. The molecule has 0 aliphatic heterocycles. The van der Waals surface area contributed by atoms with Gasteiger partial charge >= 0.3 is 0 Å². The quantitative estimate of drug-likeness (QED) is 0.704. The Labute approximate surface area is 152 Å². The Morgan fingerprint density at radius 1 is 1.04 bits per heavy atom. The zero-order valence-electron chi connectivity index (χ0n) is 15.7. The van der Waals surface area contributed by atoms with E-state index in [1.54, 1.807) is 0 Å². The average Bonchev–Trinajstić information content (AvgIpc) is 2.63. The highest BCUT2D eigenvalue weighted by Crippen LogP contribution is 2.15. The Morgan fingerprint density at radius 3 is 2.40 bits per heavy atom. The minimum absolute atomic E-state index is 0.357. The zero-order valence-corrected chi connectivity index (χ0v) is 15.7. The molecule has 0 bridgehead atoms.